The summed E-state index contributed by atoms with van der Waals surface area (Å²) in [7, 11) is 0. The monoisotopic (exact) mass is 242 g/mol. The minimum absolute atomic E-state index is 0.366. The summed E-state index contributed by atoms with van der Waals surface area (Å²) in [5, 5.41) is 0. The summed E-state index contributed by atoms with van der Waals surface area (Å²) in [6, 6.07) is 12.6. The summed E-state index contributed by atoms with van der Waals surface area (Å²) in [5.41, 5.74) is 14.7. The average Bonchev–Trinajstić information content (AvgIpc) is 2.30. The molecule has 0 saturated heterocycles. The van der Waals surface area contributed by atoms with Gasteiger partial charge in [0.2, 0.25) is 0 Å². The van der Waals surface area contributed by atoms with Gasteiger partial charge in [0.05, 0.1) is 0 Å². The van der Waals surface area contributed by atoms with Crippen LogP contribution in [0.3, 0.4) is 0 Å². The summed E-state index contributed by atoms with van der Waals surface area (Å²) in [6.45, 7) is 1.35. The van der Waals surface area contributed by atoms with Gasteiger partial charge in [0.25, 0.3) is 0 Å². The molecule has 0 aliphatic carbocycles. The van der Waals surface area contributed by atoms with E-state index in [9.17, 15) is 4.79 Å². The van der Waals surface area contributed by atoms with Gasteiger partial charge in [0.15, 0.2) is 0 Å². The Kier molecular flexibility index (Phi) is 3.19. The van der Waals surface area contributed by atoms with E-state index in [-0.39, 0.29) is 5.97 Å². The Bertz CT molecular complexity index is 577. The van der Waals surface area contributed by atoms with Crippen molar-refractivity contribution >= 4 is 17.3 Å². The minimum atomic E-state index is -0.366. The molecule has 0 heterocycles. The van der Waals surface area contributed by atoms with Crippen LogP contribution in [-0.2, 0) is 4.79 Å². The number of rotatable bonds is 2. The van der Waals surface area contributed by atoms with Crippen molar-refractivity contribution in [1.82, 2.24) is 0 Å². The molecule has 0 spiro atoms. The first kappa shape index (κ1) is 12.0. The second-order valence-corrected chi connectivity index (χ2v) is 3.96. The fourth-order valence-electron chi connectivity index (χ4n) is 1.70. The Morgan fingerprint density at radius 1 is 1.06 bits per heavy atom. The molecule has 4 N–H and O–H groups in total. The number of hydrogen-bond acceptors (Lipinski definition) is 4. The van der Waals surface area contributed by atoms with E-state index in [1.807, 2.05) is 30.3 Å². The molecule has 0 amide bonds. The van der Waals surface area contributed by atoms with E-state index in [4.69, 9.17) is 16.2 Å². The standard InChI is InChI=1S/C14H14N2O2/c1-9(17)18-12-6-7-13(14(16)8-12)10-2-4-11(15)5-3-10/h2-8H,15-16H2,1H3. The first-order valence-corrected chi connectivity index (χ1v) is 5.50. The molecule has 0 aliphatic heterocycles. The topological polar surface area (TPSA) is 78.3 Å². The molecule has 0 saturated carbocycles. The van der Waals surface area contributed by atoms with Crippen molar-refractivity contribution in [3.8, 4) is 16.9 Å². The second kappa shape index (κ2) is 4.79. The van der Waals surface area contributed by atoms with Crippen molar-refractivity contribution in [2.75, 3.05) is 11.5 Å². The van der Waals surface area contributed by atoms with Crippen molar-refractivity contribution in [2.45, 2.75) is 6.92 Å². The van der Waals surface area contributed by atoms with Gasteiger partial charge in [-0.05, 0) is 29.8 Å². The Labute approximate surface area is 105 Å². The molecule has 0 bridgehead atoms. The third-order valence-corrected chi connectivity index (χ3v) is 2.51. The van der Waals surface area contributed by atoms with E-state index < -0.39 is 0 Å². The number of ether oxygens (including phenoxy) is 1. The third-order valence-electron chi connectivity index (χ3n) is 2.51. The maximum absolute atomic E-state index is 10.8. The molecule has 4 nitrogen and oxygen atoms in total. The third kappa shape index (κ3) is 2.60. The lowest BCUT2D eigenvalue weighted by molar-refractivity contribution is -0.131. The van der Waals surface area contributed by atoms with Gasteiger partial charge in [-0.2, -0.15) is 0 Å². The predicted octanol–water partition coefficient (Wildman–Crippen LogP) is 2.44. The molecule has 0 radical (unpaired) electrons. The smallest absolute Gasteiger partial charge is 0.308 e. The van der Waals surface area contributed by atoms with Gasteiger partial charge in [-0.1, -0.05) is 12.1 Å². The first-order valence-electron chi connectivity index (χ1n) is 5.50. The molecular weight excluding hydrogens is 228 g/mol. The lowest BCUT2D eigenvalue weighted by Gasteiger charge is -2.08. The zero-order valence-electron chi connectivity index (χ0n) is 10.0. The van der Waals surface area contributed by atoms with E-state index in [0.717, 1.165) is 11.1 Å². The highest BCUT2D eigenvalue weighted by Gasteiger charge is 2.05. The zero-order chi connectivity index (χ0) is 13.1. The fourth-order valence-corrected chi connectivity index (χ4v) is 1.70. The number of esters is 1. The van der Waals surface area contributed by atoms with Crippen LogP contribution in [0.15, 0.2) is 42.5 Å². The number of hydrogen-bond donors (Lipinski definition) is 2. The Hall–Kier alpha value is -2.49. The second-order valence-electron chi connectivity index (χ2n) is 3.96. The Morgan fingerprint density at radius 3 is 2.28 bits per heavy atom. The normalized spacial score (nSPS) is 10.1. The molecule has 92 valence electrons. The average molecular weight is 242 g/mol. The predicted molar refractivity (Wildman–Crippen MR) is 72.0 cm³/mol. The summed E-state index contributed by atoms with van der Waals surface area (Å²) < 4.78 is 4.97. The number of carbonyl (C=O) groups is 1. The Morgan fingerprint density at radius 2 is 1.72 bits per heavy atom. The maximum atomic E-state index is 10.8. The molecule has 0 atom stereocenters. The molecule has 4 heteroatoms. The Balaban J connectivity index is 2.35. The van der Waals surface area contributed by atoms with Crippen LogP contribution in [0.4, 0.5) is 11.4 Å². The summed E-state index contributed by atoms with van der Waals surface area (Å²) in [4.78, 5) is 10.8. The van der Waals surface area contributed by atoms with Crippen LogP contribution < -0.4 is 16.2 Å². The van der Waals surface area contributed by atoms with Crippen LogP contribution in [0.2, 0.25) is 0 Å². The van der Waals surface area contributed by atoms with Gasteiger partial charge >= 0.3 is 5.97 Å². The van der Waals surface area contributed by atoms with Crippen LogP contribution in [0.1, 0.15) is 6.92 Å². The number of nitrogen functional groups attached to an aromatic ring is 2. The van der Waals surface area contributed by atoms with E-state index in [2.05, 4.69) is 0 Å². The molecule has 0 aliphatic rings. The van der Waals surface area contributed by atoms with Crippen LogP contribution in [-0.4, -0.2) is 5.97 Å². The van der Waals surface area contributed by atoms with Gasteiger partial charge in [0.1, 0.15) is 5.75 Å². The number of anilines is 2. The molecule has 0 fully saturated rings. The van der Waals surface area contributed by atoms with Crippen molar-refractivity contribution in [3.63, 3.8) is 0 Å². The molecule has 0 unspecified atom stereocenters. The fraction of sp³-hybridized carbons (Fsp3) is 0.0714. The SMILES string of the molecule is CC(=O)Oc1ccc(-c2ccc(N)cc2)c(N)c1. The first-order chi connectivity index (χ1) is 8.56. The molecule has 18 heavy (non-hydrogen) atoms. The summed E-state index contributed by atoms with van der Waals surface area (Å²) in [6.07, 6.45) is 0. The van der Waals surface area contributed by atoms with Gasteiger partial charge in [-0.15, -0.1) is 0 Å². The highest BCUT2D eigenvalue weighted by atomic mass is 16.5. The highest BCUT2D eigenvalue weighted by molar-refractivity contribution is 5.79. The van der Waals surface area contributed by atoms with E-state index in [0.29, 0.717) is 17.1 Å². The highest BCUT2D eigenvalue weighted by Crippen LogP contribution is 2.29. The summed E-state index contributed by atoms with van der Waals surface area (Å²) in [5.74, 6) is 0.0776. The maximum Gasteiger partial charge on any atom is 0.308 e. The van der Waals surface area contributed by atoms with E-state index in [1.165, 1.54) is 6.92 Å². The van der Waals surface area contributed by atoms with E-state index in [1.54, 1.807) is 12.1 Å². The lowest BCUT2D eigenvalue weighted by Crippen LogP contribution is -2.02. The minimum Gasteiger partial charge on any atom is -0.427 e. The zero-order valence-corrected chi connectivity index (χ0v) is 10.0. The van der Waals surface area contributed by atoms with Crippen molar-refractivity contribution in [1.29, 1.82) is 0 Å². The number of benzene rings is 2. The van der Waals surface area contributed by atoms with Crippen LogP contribution >= 0.6 is 0 Å². The molecular formula is C14H14N2O2. The van der Waals surface area contributed by atoms with Crippen molar-refractivity contribution in [2.24, 2.45) is 0 Å². The van der Waals surface area contributed by atoms with Gasteiger partial charge in [-0.3, -0.25) is 4.79 Å². The van der Waals surface area contributed by atoms with Gasteiger partial charge < -0.3 is 16.2 Å². The molecule has 0 aromatic heterocycles. The van der Waals surface area contributed by atoms with E-state index >= 15 is 0 Å². The molecule has 2 rings (SSSR count). The van der Waals surface area contributed by atoms with Crippen molar-refractivity contribution < 1.29 is 9.53 Å². The van der Waals surface area contributed by atoms with Crippen LogP contribution in [0, 0.1) is 0 Å². The van der Waals surface area contributed by atoms with Gasteiger partial charge in [-0.25, -0.2) is 0 Å². The lowest BCUT2D eigenvalue weighted by atomic mass is 10.0. The quantitative estimate of drug-likeness (QED) is 0.481. The largest absolute Gasteiger partial charge is 0.427 e. The molecule has 2 aromatic rings. The van der Waals surface area contributed by atoms with Crippen LogP contribution in [0.25, 0.3) is 11.1 Å². The van der Waals surface area contributed by atoms with Crippen molar-refractivity contribution in [3.05, 3.63) is 42.5 Å². The number of nitrogens with two attached hydrogens (primary N) is 2. The molecule has 2 aromatic carbocycles. The summed E-state index contributed by atoms with van der Waals surface area (Å²) >= 11 is 0. The van der Waals surface area contributed by atoms with Crippen LogP contribution in [0.5, 0.6) is 5.75 Å². The van der Waals surface area contributed by atoms with Gasteiger partial charge in [0, 0.05) is 29.9 Å². The number of carbonyl (C=O) groups excluding carboxylic acids is 1.